The number of ether oxygens (including phenoxy) is 1. The lowest BCUT2D eigenvalue weighted by Crippen LogP contribution is -2.51. The fourth-order valence-electron chi connectivity index (χ4n) is 5.00. The van der Waals surface area contributed by atoms with Crippen LogP contribution < -0.4 is 11.1 Å². The smallest absolute Gasteiger partial charge is 0.408 e. The highest BCUT2D eigenvalue weighted by Gasteiger charge is 2.52. The quantitative estimate of drug-likeness (QED) is 0.777. The van der Waals surface area contributed by atoms with Crippen LogP contribution in [0, 0.1) is 5.92 Å². The van der Waals surface area contributed by atoms with Crippen LogP contribution in [0.15, 0.2) is 27.4 Å². The van der Waals surface area contributed by atoms with Crippen molar-refractivity contribution in [3.05, 3.63) is 34.3 Å². The van der Waals surface area contributed by atoms with Crippen molar-refractivity contribution in [2.45, 2.75) is 50.0 Å². The number of aromatic nitrogens is 1. The van der Waals surface area contributed by atoms with Crippen molar-refractivity contribution in [2.75, 3.05) is 32.8 Å². The minimum Gasteiger partial charge on any atom is -0.408 e. The van der Waals surface area contributed by atoms with Crippen LogP contribution in [0.1, 0.15) is 44.1 Å². The van der Waals surface area contributed by atoms with Gasteiger partial charge >= 0.3 is 5.76 Å². The average molecular weight is 399 g/mol. The number of H-pyrrole nitrogens is 1. The molecule has 156 valence electrons. The minimum atomic E-state index is -0.475. The zero-order valence-corrected chi connectivity index (χ0v) is 16.7. The van der Waals surface area contributed by atoms with E-state index in [0.717, 1.165) is 64.1 Å². The molecular weight excluding hydrogens is 370 g/mol. The molecule has 29 heavy (non-hydrogen) atoms. The molecule has 3 heterocycles. The predicted molar refractivity (Wildman–Crippen MR) is 109 cm³/mol. The van der Waals surface area contributed by atoms with Gasteiger partial charge in [0.25, 0.3) is 0 Å². The number of hydrogen-bond acceptors (Lipinski definition) is 5. The molecule has 0 spiro atoms. The van der Waals surface area contributed by atoms with Gasteiger partial charge in [0, 0.05) is 25.8 Å². The third kappa shape index (κ3) is 3.73. The summed E-state index contributed by atoms with van der Waals surface area (Å²) >= 11 is 0. The average Bonchev–Trinajstić information content (AvgIpc) is 3.22. The molecule has 1 unspecified atom stereocenters. The standard InChI is InChI=1S/C22H29N3O4/c26-20(22(7-8-22)16-3-4-19-17(13-16)24-21(27)29-19)23-18(14-25-9-1-2-10-25)15-5-11-28-12-6-15/h3-4,13,15,18H,1-2,5-12,14H2,(H,23,26)(H,24,27). The zero-order chi connectivity index (χ0) is 19.8. The molecule has 3 aliphatic rings. The number of benzene rings is 1. The highest BCUT2D eigenvalue weighted by Crippen LogP contribution is 2.49. The lowest BCUT2D eigenvalue weighted by atomic mass is 9.89. The summed E-state index contributed by atoms with van der Waals surface area (Å²) in [6.45, 7) is 4.76. The summed E-state index contributed by atoms with van der Waals surface area (Å²) in [5.74, 6) is 0.131. The van der Waals surface area contributed by atoms with Crippen LogP contribution in [0.2, 0.25) is 0 Å². The van der Waals surface area contributed by atoms with E-state index < -0.39 is 11.2 Å². The molecule has 7 nitrogen and oxygen atoms in total. The monoisotopic (exact) mass is 399 g/mol. The molecule has 1 saturated carbocycles. The van der Waals surface area contributed by atoms with Gasteiger partial charge in [0.1, 0.15) is 0 Å². The number of carbonyl (C=O) groups is 1. The van der Waals surface area contributed by atoms with E-state index >= 15 is 0 Å². The van der Waals surface area contributed by atoms with E-state index in [4.69, 9.17) is 9.15 Å². The maximum atomic E-state index is 13.4. The van der Waals surface area contributed by atoms with Crippen molar-refractivity contribution in [2.24, 2.45) is 5.92 Å². The lowest BCUT2D eigenvalue weighted by Gasteiger charge is -2.34. The van der Waals surface area contributed by atoms with Gasteiger partial charge in [0.05, 0.1) is 10.9 Å². The van der Waals surface area contributed by atoms with Crippen LogP contribution in [0.5, 0.6) is 0 Å². The van der Waals surface area contributed by atoms with E-state index in [1.54, 1.807) is 6.07 Å². The maximum absolute atomic E-state index is 13.4. The molecule has 1 atom stereocenters. The molecule has 2 N–H and O–H groups in total. The van der Waals surface area contributed by atoms with Crippen molar-refractivity contribution in [1.82, 2.24) is 15.2 Å². The SMILES string of the molecule is O=C(NC(CN1CCCC1)C1CCOCC1)C1(c2ccc3oc(=O)[nH]c3c2)CC1. The lowest BCUT2D eigenvalue weighted by molar-refractivity contribution is -0.125. The Balaban J connectivity index is 1.35. The van der Waals surface area contributed by atoms with Crippen molar-refractivity contribution in [3.8, 4) is 0 Å². The molecule has 5 rings (SSSR count). The molecule has 0 radical (unpaired) electrons. The van der Waals surface area contributed by atoms with E-state index in [0.29, 0.717) is 17.0 Å². The van der Waals surface area contributed by atoms with Gasteiger partial charge in [-0.3, -0.25) is 9.78 Å². The Morgan fingerprint density at radius 1 is 1.24 bits per heavy atom. The number of amides is 1. The van der Waals surface area contributed by atoms with Crippen LogP contribution >= 0.6 is 0 Å². The second kappa shape index (κ2) is 7.61. The van der Waals surface area contributed by atoms with E-state index in [1.807, 2.05) is 12.1 Å². The predicted octanol–water partition coefficient (Wildman–Crippen LogP) is 2.16. The number of aromatic amines is 1. The number of fused-ring (bicyclic) bond motifs is 1. The van der Waals surface area contributed by atoms with Crippen LogP contribution in [0.4, 0.5) is 0 Å². The Kier molecular flexibility index (Phi) is 4.95. The molecule has 1 aromatic carbocycles. The van der Waals surface area contributed by atoms with Crippen molar-refractivity contribution in [1.29, 1.82) is 0 Å². The number of likely N-dealkylation sites (tertiary alicyclic amines) is 1. The first kappa shape index (κ1) is 18.9. The summed E-state index contributed by atoms with van der Waals surface area (Å²) < 4.78 is 10.7. The van der Waals surface area contributed by atoms with E-state index in [2.05, 4.69) is 15.2 Å². The first-order valence-electron chi connectivity index (χ1n) is 10.9. The van der Waals surface area contributed by atoms with Crippen molar-refractivity contribution >= 4 is 17.0 Å². The number of hydrogen-bond donors (Lipinski definition) is 2. The summed E-state index contributed by atoms with van der Waals surface area (Å²) in [5, 5.41) is 3.44. The molecule has 1 aromatic heterocycles. The molecule has 2 aromatic rings. The first-order valence-corrected chi connectivity index (χ1v) is 10.9. The number of rotatable bonds is 6. The third-order valence-electron chi connectivity index (χ3n) is 6.96. The number of nitrogens with zero attached hydrogens (tertiary/aromatic N) is 1. The minimum absolute atomic E-state index is 0.124. The number of oxazole rings is 1. The van der Waals surface area contributed by atoms with Gasteiger partial charge in [-0.1, -0.05) is 6.07 Å². The molecule has 3 fully saturated rings. The highest BCUT2D eigenvalue weighted by molar-refractivity contribution is 5.92. The van der Waals surface area contributed by atoms with Crippen molar-refractivity contribution in [3.63, 3.8) is 0 Å². The van der Waals surface area contributed by atoms with Gasteiger partial charge in [-0.25, -0.2) is 4.79 Å². The number of carbonyl (C=O) groups excluding carboxylic acids is 1. The normalized spacial score (nSPS) is 23.3. The van der Waals surface area contributed by atoms with Gasteiger partial charge in [0.15, 0.2) is 5.58 Å². The molecule has 2 saturated heterocycles. The first-order chi connectivity index (χ1) is 14.1. The van der Waals surface area contributed by atoms with Gasteiger partial charge in [-0.2, -0.15) is 0 Å². The third-order valence-corrected chi connectivity index (χ3v) is 6.96. The molecule has 0 bridgehead atoms. The van der Waals surface area contributed by atoms with E-state index in [9.17, 15) is 9.59 Å². The maximum Gasteiger partial charge on any atom is 0.417 e. The molecular formula is C22H29N3O4. The van der Waals surface area contributed by atoms with Gasteiger partial charge in [-0.15, -0.1) is 0 Å². The van der Waals surface area contributed by atoms with Gasteiger partial charge in [-0.05, 0) is 75.2 Å². The van der Waals surface area contributed by atoms with E-state index in [1.165, 1.54) is 12.8 Å². The zero-order valence-electron chi connectivity index (χ0n) is 16.7. The van der Waals surface area contributed by atoms with Crippen molar-refractivity contribution < 1.29 is 13.9 Å². The van der Waals surface area contributed by atoms with Crippen LogP contribution in [0.3, 0.4) is 0 Å². The van der Waals surface area contributed by atoms with Crippen LogP contribution in [-0.2, 0) is 14.9 Å². The van der Waals surface area contributed by atoms with E-state index in [-0.39, 0.29) is 11.9 Å². The second-order valence-corrected chi connectivity index (χ2v) is 8.85. The fourth-order valence-corrected chi connectivity index (χ4v) is 5.00. The molecule has 1 amide bonds. The van der Waals surface area contributed by atoms with Gasteiger partial charge < -0.3 is 19.4 Å². The van der Waals surface area contributed by atoms with Crippen LogP contribution in [-0.4, -0.2) is 54.7 Å². The molecule has 7 heteroatoms. The molecule has 2 aliphatic heterocycles. The summed E-state index contributed by atoms with van der Waals surface area (Å²) in [6, 6.07) is 5.78. The highest BCUT2D eigenvalue weighted by atomic mass is 16.5. The summed E-state index contributed by atoms with van der Waals surface area (Å²) in [5.41, 5.74) is 1.68. The van der Waals surface area contributed by atoms with Gasteiger partial charge in [0.2, 0.25) is 5.91 Å². The Hall–Kier alpha value is -2.12. The Bertz CT molecular complexity index is 933. The van der Waals surface area contributed by atoms with Crippen LogP contribution in [0.25, 0.3) is 11.1 Å². The Morgan fingerprint density at radius 2 is 2.00 bits per heavy atom. The second-order valence-electron chi connectivity index (χ2n) is 8.85. The Morgan fingerprint density at radius 3 is 2.72 bits per heavy atom. The summed E-state index contributed by atoms with van der Waals surface area (Å²) in [7, 11) is 0. The largest absolute Gasteiger partial charge is 0.417 e. The number of nitrogens with one attached hydrogen (secondary N) is 2. The topological polar surface area (TPSA) is 87.6 Å². The summed E-state index contributed by atoms with van der Waals surface area (Å²) in [6.07, 6.45) is 6.21. The Labute approximate surface area is 169 Å². The fraction of sp³-hybridized carbons (Fsp3) is 0.636. The molecule has 1 aliphatic carbocycles. The summed E-state index contributed by atoms with van der Waals surface area (Å²) in [4.78, 5) is 30.1.